The van der Waals surface area contributed by atoms with Gasteiger partial charge in [-0.15, -0.1) is 13.2 Å². The summed E-state index contributed by atoms with van der Waals surface area (Å²) in [6, 6.07) is 9.08. The number of carbonyl (C=O) groups is 2. The lowest BCUT2D eigenvalue weighted by atomic mass is 10.0. The van der Waals surface area contributed by atoms with E-state index in [2.05, 4.69) is 15.4 Å². The van der Waals surface area contributed by atoms with Crippen molar-refractivity contribution in [2.24, 2.45) is 0 Å². The van der Waals surface area contributed by atoms with Crippen LogP contribution in [0.3, 0.4) is 0 Å². The van der Waals surface area contributed by atoms with Crippen LogP contribution in [-0.4, -0.2) is 35.9 Å². The van der Waals surface area contributed by atoms with Crippen LogP contribution in [0.15, 0.2) is 42.5 Å². The number of anilines is 1. The topological polar surface area (TPSA) is 87.7 Å². The smallest absolute Gasteiger partial charge is 0.406 e. The minimum absolute atomic E-state index is 0.0824. The van der Waals surface area contributed by atoms with Gasteiger partial charge in [0, 0.05) is 6.61 Å². The molecule has 2 amide bonds. The highest BCUT2D eigenvalue weighted by Crippen LogP contribution is 2.29. The second kappa shape index (κ2) is 7.28. The Kier molecular flexibility index (Phi) is 5.04. The SMILES string of the molecule is O=C1NC(CCO)C(=O)Nc2ccc(-c3ccc(OC(F)(F)F)cc3)cc21. The standard InChI is InChI=1S/C18H15F3N2O4/c19-18(20,21)27-12-4-1-10(2-5-12)11-3-6-14-13(9-11)16(25)23-15(7-8-24)17(26)22-14/h1-6,9,15,24H,7-8H2,(H,22,26)(H,23,25). The minimum Gasteiger partial charge on any atom is -0.406 e. The van der Waals surface area contributed by atoms with E-state index in [0.29, 0.717) is 16.8 Å². The maximum atomic E-state index is 12.4. The molecule has 0 aliphatic carbocycles. The summed E-state index contributed by atoms with van der Waals surface area (Å²) < 4.78 is 40.5. The second-order valence-corrected chi connectivity index (χ2v) is 5.86. The Morgan fingerprint density at radius 1 is 1.04 bits per heavy atom. The van der Waals surface area contributed by atoms with Gasteiger partial charge < -0.3 is 20.5 Å². The number of ether oxygens (including phenoxy) is 1. The summed E-state index contributed by atoms with van der Waals surface area (Å²) in [7, 11) is 0. The maximum absolute atomic E-state index is 12.4. The molecule has 0 aromatic heterocycles. The molecule has 1 atom stereocenters. The summed E-state index contributed by atoms with van der Waals surface area (Å²) in [5.41, 5.74) is 1.69. The molecule has 3 rings (SSSR count). The number of alkyl halides is 3. The fourth-order valence-electron chi connectivity index (χ4n) is 2.72. The summed E-state index contributed by atoms with van der Waals surface area (Å²) in [6.45, 7) is -0.258. The van der Waals surface area contributed by atoms with E-state index in [1.54, 1.807) is 12.1 Å². The van der Waals surface area contributed by atoms with E-state index >= 15 is 0 Å². The number of aliphatic hydroxyl groups excluding tert-OH is 1. The Bertz CT molecular complexity index is 866. The van der Waals surface area contributed by atoms with Gasteiger partial charge in [-0.1, -0.05) is 18.2 Å². The molecule has 2 aromatic rings. The van der Waals surface area contributed by atoms with E-state index in [1.807, 2.05) is 0 Å². The number of hydrogen-bond donors (Lipinski definition) is 3. The molecule has 1 aliphatic rings. The fraction of sp³-hybridized carbons (Fsp3) is 0.222. The first kappa shape index (κ1) is 18.7. The highest BCUT2D eigenvalue weighted by molar-refractivity contribution is 6.10. The van der Waals surface area contributed by atoms with E-state index in [4.69, 9.17) is 5.11 Å². The highest BCUT2D eigenvalue weighted by atomic mass is 19.4. The lowest BCUT2D eigenvalue weighted by molar-refractivity contribution is -0.274. The van der Waals surface area contributed by atoms with E-state index in [9.17, 15) is 22.8 Å². The molecule has 1 aliphatic heterocycles. The molecular formula is C18H15F3N2O4. The summed E-state index contributed by atoms with van der Waals surface area (Å²) in [6.07, 6.45) is -4.69. The van der Waals surface area contributed by atoms with Gasteiger partial charge in [-0.3, -0.25) is 9.59 Å². The number of halogens is 3. The third kappa shape index (κ3) is 4.37. The summed E-state index contributed by atoms with van der Waals surface area (Å²) in [4.78, 5) is 24.5. The van der Waals surface area contributed by atoms with Crippen LogP contribution in [0.25, 0.3) is 11.1 Å². The van der Waals surface area contributed by atoms with Gasteiger partial charge in [0.1, 0.15) is 11.8 Å². The molecule has 1 heterocycles. The van der Waals surface area contributed by atoms with Crippen molar-refractivity contribution in [3.63, 3.8) is 0 Å². The van der Waals surface area contributed by atoms with E-state index in [1.165, 1.54) is 30.3 Å². The van der Waals surface area contributed by atoms with Crippen LogP contribution in [0.5, 0.6) is 5.75 Å². The third-order valence-electron chi connectivity index (χ3n) is 3.98. The summed E-state index contributed by atoms with van der Waals surface area (Å²) in [5.74, 6) is -1.27. The average Bonchev–Trinajstić information content (AvgIpc) is 2.71. The molecule has 142 valence electrons. The van der Waals surface area contributed by atoms with Crippen molar-refractivity contribution in [2.45, 2.75) is 18.8 Å². The van der Waals surface area contributed by atoms with Crippen LogP contribution >= 0.6 is 0 Å². The molecule has 2 aromatic carbocycles. The zero-order valence-corrected chi connectivity index (χ0v) is 13.8. The zero-order valence-electron chi connectivity index (χ0n) is 13.8. The minimum atomic E-state index is -4.77. The number of amides is 2. The predicted molar refractivity (Wildman–Crippen MR) is 90.1 cm³/mol. The number of nitrogens with one attached hydrogen (secondary N) is 2. The average molecular weight is 380 g/mol. The predicted octanol–water partition coefficient (Wildman–Crippen LogP) is 2.69. The molecule has 0 bridgehead atoms. The number of benzene rings is 2. The molecule has 1 unspecified atom stereocenters. The molecule has 27 heavy (non-hydrogen) atoms. The first-order valence-electron chi connectivity index (χ1n) is 7.99. The van der Waals surface area contributed by atoms with Gasteiger partial charge in [0.05, 0.1) is 11.3 Å². The van der Waals surface area contributed by atoms with Gasteiger partial charge >= 0.3 is 6.36 Å². The molecule has 0 saturated heterocycles. The van der Waals surface area contributed by atoms with Crippen molar-refractivity contribution in [1.82, 2.24) is 5.32 Å². The quantitative estimate of drug-likeness (QED) is 0.761. The van der Waals surface area contributed by atoms with Crippen LogP contribution in [0.2, 0.25) is 0 Å². The van der Waals surface area contributed by atoms with Crippen LogP contribution < -0.4 is 15.4 Å². The van der Waals surface area contributed by atoms with Gasteiger partial charge in [-0.05, 0) is 41.8 Å². The fourth-order valence-corrected chi connectivity index (χ4v) is 2.72. The van der Waals surface area contributed by atoms with Crippen LogP contribution in [0.1, 0.15) is 16.8 Å². The summed E-state index contributed by atoms with van der Waals surface area (Å²) in [5, 5.41) is 14.2. The number of hydrogen-bond acceptors (Lipinski definition) is 4. The Balaban J connectivity index is 1.87. The second-order valence-electron chi connectivity index (χ2n) is 5.86. The Morgan fingerprint density at radius 2 is 1.70 bits per heavy atom. The van der Waals surface area contributed by atoms with Crippen LogP contribution in [-0.2, 0) is 4.79 Å². The molecule has 0 spiro atoms. The van der Waals surface area contributed by atoms with Crippen LogP contribution in [0.4, 0.5) is 18.9 Å². The lowest BCUT2D eigenvalue weighted by Gasteiger charge is -2.12. The number of fused-ring (bicyclic) bond motifs is 1. The summed E-state index contributed by atoms with van der Waals surface area (Å²) >= 11 is 0. The molecule has 0 radical (unpaired) electrons. The number of carbonyl (C=O) groups excluding carboxylic acids is 2. The molecule has 0 saturated carbocycles. The normalized spacial score (nSPS) is 16.8. The molecule has 3 N–H and O–H groups in total. The first-order valence-corrected chi connectivity index (χ1v) is 7.99. The molecule has 6 nitrogen and oxygen atoms in total. The van der Waals surface area contributed by atoms with Crippen molar-refractivity contribution in [3.8, 4) is 16.9 Å². The van der Waals surface area contributed by atoms with Gasteiger partial charge in [0.25, 0.3) is 5.91 Å². The van der Waals surface area contributed by atoms with Gasteiger partial charge in [-0.25, -0.2) is 0 Å². The van der Waals surface area contributed by atoms with Crippen molar-refractivity contribution >= 4 is 17.5 Å². The largest absolute Gasteiger partial charge is 0.573 e. The van der Waals surface area contributed by atoms with Gasteiger partial charge in [-0.2, -0.15) is 0 Å². The Morgan fingerprint density at radius 3 is 2.33 bits per heavy atom. The Hall–Kier alpha value is -3.07. The van der Waals surface area contributed by atoms with Crippen molar-refractivity contribution < 1.29 is 32.6 Å². The lowest BCUT2D eigenvalue weighted by Crippen LogP contribution is -2.41. The first-order chi connectivity index (χ1) is 12.8. The van der Waals surface area contributed by atoms with Crippen molar-refractivity contribution in [3.05, 3.63) is 48.0 Å². The third-order valence-corrected chi connectivity index (χ3v) is 3.98. The van der Waals surface area contributed by atoms with Gasteiger partial charge in [0.15, 0.2) is 0 Å². The maximum Gasteiger partial charge on any atom is 0.573 e. The van der Waals surface area contributed by atoms with Crippen molar-refractivity contribution in [2.75, 3.05) is 11.9 Å². The van der Waals surface area contributed by atoms with E-state index < -0.39 is 24.2 Å². The van der Waals surface area contributed by atoms with Gasteiger partial charge in [0.2, 0.25) is 5.91 Å². The zero-order chi connectivity index (χ0) is 19.6. The van der Waals surface area contributed by atoms with E-state index in [0.717, 1.165) is 0 Å². The molecular weight excluding hydrogens is 365 g/mol. The van der Waals surface area contributed by atoms with Crippen molar-refractivity contribution in [1.29, 1.82) is 0 Å². The highest BCUT2D eigenvalue weighted by Gasteiger charge is 2.31. The Labute approximate surface area is 151 Å². The number of rotatable bonds is 4. The number of aliphatic hydroxyl groups is 1. The molecule has 0 fully saturated rings. The monoisotopic (exact) mass is 380 g/mol. The molecule has 9 heteroatoms. The van der Waals surface area contributed by atoms with Crippen LogP contribution in [0, 0.1) is 0 Å². The van der Waals surface area contributed by atoms with E-state index in [-0.39, 0.29) is 24.3 Å².